The van der Waals surface area contributed by atoms with Crippen LogP contribution in [0.1, 0.15) is 26.3 Å². The Hall–Kier alpha value is -4.11. The van der Waals surface area contributed by atoms with Crippen molar-refractivity contribution in [2.24, 2.45) is 5.10 Å². The lowest BCUT2D eigenvalue weighted by molar-refractivity contribution is 0.222. The average Bonchev–Trinajstić information content (AvgIpc) is 3.34. The van der Waals surface area contributed by atoms with E-state index in [0.717, 1.165) is 5.39 Å². The molecule has 0 atom stereocenters. The SMILES string of the molecule is CCOc1cc(C=Nn2c(-c3cc4c(OC)cccc4o3)nc3ccccc3c2=O)cc(Br)c1OC(C)C. The zero-order valence-corrected chi connectivity index (χ0v) is 23.0. The van der Waals surface area contributed by atoms with E-state index < -0.39 is 0 Å². The molecule has 0 aliphatic carbocycles. The number of hydrogen-bond acceptors (Lipinski definition) is 7. The number of rotatable bonds is 8. The van der Waals surface area contributed by atoms with Gasteiger partial charge in [0.25, 0.3) is 5.56 Å². The van der Waals surface area contributed by atoms with Crippen LogP contribution in [0.2, 0.25) is 0 Å². The Kier molecular flexibility index (Phi) is 7.20. The standard InChI is InChI=1S/C29H26BrN3O5/c1-5-36-25-14-18(13-21(30)27(25)37-17(2)3)16-31-33-28(32-22-10-7-6-9-19(22)29(33)34)26-15-20-23(35-4)11-8-12-24(20)38-26/h6-17H,5H2,1-4H3. The molecule has 194 valence electrons. The van der Waals surface area contributed by atoms with Gasteiger partial charge in [-0.1, -0.05) is 18.2 Å². The molecule has 3 aromatic carbocycles. The molecule has 0 spiro atoms. The fourth-order valence-corrected chi connectivity index (χ4v) is 4.67. The van der Waals surface area contributed by atoms with Gasteiger partial charge in [0.05, 0.1) is 46.8 Å². The largest absolute Gasteiger partial charge is 0.496 e. The Balaban J connectivity index is 1.67. The van der Waals surface area contributed by atoms with Crippen LogP contribution in [0.3, 0.4) is 0 Å². The zero-order chi connectivity index (χ0) is 26.8. The highest BCUT2D eigenvalue weighted by atomic mass is 79.9. The first kappa shape index (κ1) is 25.5. The monoisotopic (exact) mass is 575 g/mol. The molecule has 5 aromatic rings. The molecule has 0 saturated heterocycles. The first-order chi connectivity index (χ1) is 18.4. The molecule has 5 rings (SSSR count). The van der Waals surface area contributed by atoms with Crippen LogP contribution in [-0.2, 0) is 0 Å². The normalized spacial score (nSPS) is 11.6. The Morgan fingerprint density at radius 3 is 2.66 bits per heavy atom. The van der Waals surface area contributed by atoms with Crippen LogP contribution in [0.25, 0.3) is 33.5 Å². The van der Waals surface area contributed by atoms with Crippen molar-refractivity contribution in [3.63, 3.8) is 0 Å². The molecule has 2 heterocycles. The van der Waals surface area contributed by atoms with Gasteiger partial charge < -0.3 is 18.6 Å². The highest BCUT2D eigenvalue weighted by molar-refractivity contribution is 9.10. The predicted octanol–water partition coefficient (Wildman–Crippen LogP) is 6.65. The average molecular weight is 576 g/mol. The Labute approximate surface area is 227 Å². The number of halogens is 1. The highest BCUT2D eigenvalue weighted by Crippen LogP contribution is 2.37. The number of furan rings is 1. The van der Waals surface area contributed by atoms with Crippen LogP contribution in [0.4, 0.5) is 0 Å². The Morgan fingerprint density at radius 1 is 1.08 bits per heavy atom. The molecule has 0 N–H and O–H groups in total. The van der Waals surface area contributed by atoms with E-state index in [1.807, 2.05) is 57.2 Å². The summed E-state index contributed by atoms with van der Waals surface area (Å²) < 4.78 is 25.3. The number of benzene rings is 3. The highest BCUT2D eigenvalue weighted by Gasteiger charge is 2.18. The van der Waals surface area contributed by atoms with Crippen LogP contribution in [0.5, 0.6) is 17.2 Å². The van der Waals surface area contributed by atoms with Crippen molar-refractivity contribution in [2.45, 2.75) is 26.9 Å². The summed E-state index contributed by atoms with van der Waals surface area (Å²) in [6.45, 7) is 6.27. The number of methoxy groups -OCH3 is 1. The summed E-state index contributed by atoms with van der Waals surface area (Å²) >= 11 is 3.58. The lowest BCUT2D eigenvalue weighted by Crippen LogP contribution is -2.20. The van der Waals surface area contributed by atoms with Gasteiger partial charge in [0.2, 0.25) is 5.82 Å². The summed E-state index contributed by atoms with van der Waals surface area (Å²) in [6, 6.07) is 18.1. The van der Waals surface area contributed by atoms with Gasteiger partial charge in [0.15, 0.2) is 17.3 Å². The number of para-hydroxylation sites is 1. The minimum atomic E-state index is -0.321. The van der Waals surface area contributed by atoms with E-state index in [9.17, 15) is 4.79 Å². The number of ether oxygens (including phenoxy) is 3. The molecule has 0 unspecified atom stereocenters. The van der Waals surface area contributed by atoms with E-state index >= 15 is 0 Å². The maximum Gasteiger partial charge on any atom is 0.282 e. The van der Waals surface area contributed by atoms with E-state index in [1.54, 1.807) is 37.6 Å². The first-order valence-corrected chi connectivity index (χ1v) is 12.9. The van der Waals surface area contributed by atoms with Gasteiger partial charge >= 0.3 is 0 Å². The lowest BCUT2D eigenvalue weighted by Gasteiger charge is -2.16. The van der Waals surface area contributed by atoms with Crippen molar-refractivity contribution in [3.05, 3.63) is 81.1 Å². The minimum Gasteiger partial charge on any atom is -0.496 e. The topological polar surface area (TPSA) is 88.1 Å². The van der Waals surface area contributed by atoms with E-state index in [0.29, 0.717) is 56.1 Å². The van der Waals surface area contributed by atoms with E-state index in [-0.39, 0.29) is 17.5 Å². The van der Waals surface area contributed by atoms with Crippen molar-refractivity contribution in [1.29, 1.82) is 0 Å². The molecule has 0 radical (unpaired) electrons. The molecule has 0 fully saturated rings. The molecule has 0 bridgehead atoms. The summed E-state index contributed by atoms with van der Waals surface area (Å²) in [4.78, 5) is 18.3. The van der Waals surface area contributed by atoms with E-state index in [2.05, 4.69) is 21.0 Å². The molecule has 0 aliphatic heterocycles. The van der Waals surface area contributed by atoms with Gasteiger partial charge in [-0.2, -0.15) is 9.78 Å². The molecule has 0 saturated carbocycles. The molecule has 0 aliphatic rings. The summed E-state index contributed by atoms with van der Waals surface area (Å²) in [5.74, 6) is 2.51. The second-order valence-corrected chi connectivity index (χ2v) is 9.58. The van der Waals surface area contributed by atoms with Gasteiger partial charge in [0.1, 0.15) is 11.3 Å². The second kappa shape index (κ2) is 10.7. The third-order valence-electron chi connectivity index (χ3n) is 5.72. The van der Waals surface area contributed by atoms with Crippen molar-refractivity contribution in [3.8, 4) is 28.8 Å². The van der Waals surface area contributed by atoms with Crippen LogP contribution in [-0.4, -0.2) is 35.7 Å². The van der Waals surface area contributed by atoms with Gasteiger partial charge in [-0.3, -0.25) is 4.79 Å². The Morgan fingerprint density at radius 2 is 1.89 bits per heavy atom. The fourth-order valence-electron chi connectivity index (χ4n) is 4.11. The maximum absolute atomic E-state index is 13.6. The van der Waals surface area contributed by atoms with Gasteiger partial charge in [0, 0.05) is 0 Å². The van der Waals surface area contributed by atoms with Crippen LogP contribution >= 0.6 is 15.9 Å². The first-order valence-electron chi connectivity index (χ1n) is 12.2. The predicted molar refractivity (Wildman–Crippen MR) is 152 cm³/mol. The third-order valence-corrected chi connectivity index (χ3v) is 6.31. The van der Waals surface area contributed by atoms with Gasteiger partial charge in [-0.25, -0.2) is 4.98 Å². The molecular formula is C29H26BrN3O5. The maximum atomic E-state index is 13.6. The second-order valence-electron chi connectivity index (χ2n) is 8.73. The molecule has 8 nitrogen and oxygen atoms in total. The quantitative estimate of drug-likeness (QED) is 0.192. The van der Waals surface area contributed by atoms with Crippen LogP contribution < -0.4 is 19.8 Å². The van der Waals surface area contributed by atoms with Crippen molar-refractivity contribution >= 4 is 44.0 Å². The molecule has 9 heteroatoms. The minimum absolute atomic E-state index is 0.0303. The molecule has 0 amide bonds. The number of aromatic nitrogens is 2. The Bertz CT molecular complexity index is 1720. The van der Waals surface area contributed by atoms with Crippen molar-refractivity contribution < 1.29 is 18.6 Å². The van der Waals surface area contributed by atoms with E-state index in [1.165, 1.54) is 4.68 Å². The van der Waals surface area contributed by atoms with Crippen molar-refractivity contribution in [1.82, 2.24) is 9.66 Å². The zero-order valence-electron chi connectivity index (χ0n) is 21.4. The fraction of sp³-hybridized carbons (Fsp3) is 0.207. The summed E-state index contributed by atoms with van der Waals surface area (Å²) in [7, 11) is 1.60. The van der Waals surface area contributed by atoms with Crippen LogP contribution in [0, 0.1) is 0 Å². The summed E-state index contributed by atoms with van der Waals surface area (Å²) in [6.07, 6.45) is 1.55. The summed E-state index contributed by atoms with van der Waals surface area (Å²) in [5.41, 5.74) is 1.54. The van der Waals surface area contributed by atoms with Crippen molar-refractivity contribution in [2.75, 3.05) is 13.7 Å². The lowest BCUT2D eigenvalue weighted by atomic mass is 10.2. The number of nitrogens with zero attached hydrogens (tertiary/aromatic N) is 3. The number of fused-ring (bicyclic) bond motifs is 2. The summed E-state index contributed by atoms with van der Waals surface area (Å²) in [5, 5.41) is 5.77. The molecule has 2 aromatic heterocycles. The molecule has 38 heavy (non-hydrogen) atoms. The van der Waals surface area contributed by atoms with Crippen LogP contribution in [0.15, 0.2) is 79.4 Å². The van der Waals surface area contributed by atoms with E-state index in [4.69, 9.17) is 23.6 Å². The van der Waals surface area contributed by atoms with Gasteiger partial charge in [-0.15, -0.1) is 0 Å². The number of hydrogen-bond donors (Lipinski definition) is 0. The third kappa shape index (κ3) is 4.89. The smallest absolute Gasteiger partial charge is 0.282 e. The van der Waals surface area contributed by atoms with Gasteiger partial charge in [-0.05, 0) is 84.7 Å². The molecular weight excluding hydrogens is 550 g/mol.